The van der Waals surface area contributed by atoms with E-state index in [1.807, 2.05) is 0 Å². The average molecular weight is 304 g/mol. The first kappa shape index (κ1) is 14.6. The molecule has 1 heterocycles. The summed E-state index contributed by atoms with van der Waals surface area (Å²) in [5.41, 5.74) is 6.36. The number of carbonyl (C=O) groups excluding carboxylic acids is 1. The number of amides is 1. The van der Waals surface area contributed by atoms with E-state index < -0.39 is 11.4 Å². The zero-order valence-corrected chi connectivity index (χ0v) is 12.2. The van der Waals surface area contributed by atoms with Crippen LogP contribution in [-0.2, 0) is 10.3 Å². The minimum absolute atomic E-state index is 0.0769. The predicted molar refractivity (Wildman–Crippen MR) is 78.3 cm³/mol. The number of nitrogens with two attached hydrogens (primary N) is 1. The van der Waals surface area contributed by atoms with Crippen LogP contribution < -0.4 is 11.1 Å². The number of anilines is 1. The first-order chi connectivity index (χ1) is 10.5. The largest absolute Gasteiger partial charge is 0.334 e. The molecular formula is C15H17FN4O2. The van der Waals surface area contributed by atoms with Gasteiger partial charge in [0.05, 0.1) is 11.2 Å². The molecular weight excluding hydrogens is 287 g/mol. The van der Waals surface area contributed by atoms with Crippen LogP contribution in [0.3, 0.4) is 0 Å². The third-order valence-electron chi connectivity index (χ3n) is 3.89. The van der Waals surface area contributed by atoms with Gasteiger partial charge in [-0.25, -0.2) is 4.39 Å². The molecule has 1 amide bonds. The highest BCUT2D eigenvalue weighted by Crippen LogP contribution is 2.35. The summed E-state index contributed by atoms with van der Waals surface area (Å²) < 4.78 is 18.9. The van der Waals surface area contributed by atoms with Crippen LogP contribution >= 0.6 is 0 Å². The van der Waals surface area contributed by atoms with E-state index >= 15 is 0 Å². The maximum absolute atomic E-state index is 13.7. The molecule has 1 fully saturated rings. The number of halogens is 1. The lowest BCUT2D eigenvalue weighted by Crippen LogP contribution is -2.34. The summed E-state index contributed by atoms with van der Waals surface area (Å²) in [6, 6.07) is 4.24. The number of nitrogens with one attached hydrogen (secondary N) is 1. The van der Waals surface area contributed by atoms with Crippen molar-refractivity contribution >= 4 is 11.6 Å². The fraction of sp³-hybridized carbons (Fsp3) is 0.400. The summed E-state index contributed by atoms with van der Waals surface area (Å²) in [6.07, 6.45) is 3.74. The van der Waals surface area contributed by atoms with E-state index in [2.05, 4.69) is 15.5 Å². The molecule has 0 atom stereocenters. The van der Waals surface area contributed by atoms with Crippen molar-refractivity contribution in [1.29, 1.82) is 0 Å². The van der Waals surface area contributed by atoms with E-state index in [1.165, 1.54) is 25.1 Å². The Morgan fingerprint density at radius 2 is 2.14 bits per heavy atom. The predicted octanol–water partition coefficient (Wildman–Crippen LogP) is 2.56. The van der Waals surface area contributed by atoms with Crippen molar-refractivity contribution in [2.24, 2.45) is 5.73 Å². The van der Waals surface area contributed by atoms with Crippen LogP contribution in [0.2, 0.25) is 0 Å². The van der Waals surface area contributed by atoms with E-state index in [0.29, 0.717) is 11.4 Å². The number of benzene rings is 1. The lowest BCUT2D eigenvalue weighted by Gasteiger charge is -2.17. The van der Waals surface area contributed by atoms with Crippen molar-refractivity contribution in [1.82, 2.24) is 10.1 Å². The van der Waals surface area contributed by atoms with Crippen LogP contribution in [0.25, 0.3) is 11.5 Å². The highest BCUT2D eigenvalue weighted by molar-refractivity contribution is 5.89. The Bertz CT molecular complexity index is 707. The Morgan fingerprint density at radius 3 is 2.82 bits per heavy atom. The number of aromatic nitrogens is 2. The second-order valence-electron chi connectivity index (χ2n) is 5.66. The molecule has 0 bridgehead atoms. The summed E-state index contributed by atoms with van der Waals surface area (Å²) in [4.78, 5) is 15.4. The molecule has 3 N–H and O–H groups in total. The Kier molecular flexibility index (Phi) is 3.66. The highest BCUT2D eigenvalue weighted by Gasteiger charge is 2.36. The van der Waals surface area contributed by atoms with Crippen molar-refractivity contribution in [3.05, 3.63) is 29.8 Å². The topological polar surface area (TPSA) is 94.0 Å². The fourth-order valence-electron chi connectivity index (χ4n) is 2.72. The molecule has 1 aliphatic rings. The molecule has 0 aliphatic heterocycles. The van der Waals surface area contributed by atoms with E-state index in [4.69, 9.17) is 10.3 Å². The SMILES string of the molecule is CC(=O)Nc1cc(-c2nc(C3(N)CCCC3)no2)ccc1F. The minimum atomic E-state index is -0.539. The average Bonchev–Trinajstić information content (AvgIpc) is 3.10. The molecule has 0 spiro atoms. The standard InChI is InChI=1S/C15H17FN4O2/c1-9(21)18-12-8-10(4-5-11(12)16)13-19-14(20-22-13)15(17)6-2-3-7-15/h4-5,8H,2-3,6-7,17H2,1H3,(H,18,21). The molecule has 0 radical (unpaired) electrons. The molecule has 116 valence electrons. The molecule has 3 rings (SSSR count). The summed E-state index contributed by atoms with van der Waals surface area (Å²) in [6.45, 7) is 1.31. The van der Waals surface area contributed by atoms with E-state index in [1.54, 1.807) is 0 Å². The molecule has 0 unspecified atom stereocenters. The van der Waals surface area contributed by atoms with Gasteiger partial charge in [-0.15, -0.1) is 0 Å². The molecule has 7 heteroatoms. The van der Waals surface area contributed by atoms with Gasteiger partial charge in [0, 0.05) is 12.5 Å². The van der Waals surface area contributed by atoms with Crippen molar-refractivity contribution in [3.63, 3.8) is 0 Å². The maximum atomic E-state index is 13.7. The second kappa shape index (κ2) is 5.49. The molecule has 1 aromatic heterocycles. The van der Waals surface area contributed by atoms with Crippen LogP contribution in [-0.4, -0.2) is 16.0 Å². The van der Waals surface area contributed by atoms with Crippen LogP contribution in [0.1, 0.15) is 38.4 Å². The van der Waals surface area contributed by atoms with Crippen molar-refractivity contribution in [2.75, 3.05) is 5.32 Å². The zero-order valence-electron chi connectivity index (χ0n) is 12.2. The van der Waals surface area contributed by atoms with Gasteiger partial charge < -0.3 is 15.6 Å². The Hall–Kier alpha value is -2.28. The summed E-state index contributed by atoms with van der Waals surface area (Å²) in [5, 5.41) is 6.39. The van der Waals surface area contributed by atoms with Gasteiger partial charge in [0.1, 0.15) is 5.82 Å². The fourth-order valence-corrected chi connectivity index (χ4v) is 2.72. The molecule has 1 aromatic carbocycles. The number of rotatable bonds is 3. The van der Waals surface area contributed by atoms with Gasteiger partial charge in [-0.05, 0) is 31.0 Å². The van der Waals surface area contributed by atoms with Gasteiger partial charge in [0.15, 0.2) is 5.82 Å². The molecule has 0 saturated heterocycles. The Morgan fingerprint density at radius 1 is 1.41 bits per heavy atom. The van der Waals surface area contributed by atoms with Crippen LogP contribution in [0.15, 0.2) is 22.7 Å². The second-order valence-corrected chi connectivity index (χ2v) is 5.66. The highest BCUT2D eigenvalue weighted by atomic mass is 19.1. The van der Waals surface area contributed by atoms with Crippen molar-refractivity contribution < 1.29 is 13.7 Å². The smallest absolute Gasteiger partial charge is 0.258 e. The maximum Gasteiger partial charge on any atom is 0.258 e. The molecule has 2 aromatic rings. The third-order valence-corrected chi connectivity index (χ3v) is 3.89. The third kappa shape index (κ3) is 2.71. The molecule has 1 saturated carbocycles. The van der Waals surface area contributed by atoms with Crippen molar-refractivity contribution in [3.8, 4) is 11.5 Å². The van der Waals surface area contributed by atoms with E-state index in [9.17, 15) is 9.18 Å². The van der Waals surface area contributed by atoms with E-state index in [-0.39, 0.29) is 17.5 Å². The molecule has 6 nitrogen and oxygen atoms in total. The van der Waals surface area contributed by atoms with E-state index in [0.717, 1.165) is 25.7 Å². The van der Waals surface area contributed by atoms with Crippen LogP contribution in [0, 0.1) is 5.82 Å². The normalized spacial score (nSPS) is 16.7. The lowest BCUT2D eigenvalue weighted by atomic mass is 9.99. The first-order valence-corrected chi connectivity index (χ1v) is 7.18. The Balaban J connectivity index is 1.91. The van der Waals surface area contributed by atoms with Gasteiger partial charge >= 0.3 is 0 Å². The van der Waals surface area contributed by atoms with Gasteiger partial charge in [-0.2, -0.15) is 4.98 Å². The van der Waals surface area contributed by atoms with Gasteiger partial charge in [-0.1, -0.05) is 18.0 Å². The molecule has 22 heavy (non-hydrogen) atoms. The zero-order chi connectivity index (χ0) is 15.7. The van der Waals surface area contributed by atoms with Crippen LogP contribution in [0.4, 0.5) is 10.1 Å². The number of nitrogens with zero attached hydrogens (tertiary/aromatic N) is 2. The monoisotopic (exact) mass is 304 g/mol. The number of carbonyl (C=O) groups is 1. The quantitative estimate of drug-likeness (QED) is 0.908. The number of hydrogen-bond acceptors (Lipinski definition) is 5. The lowest BCUT2D eigenvalue weighted by molar-refractivity contribution is -0.114. The summed E-state index contributed by atoms with van der Waals surface area (Å²) >= 11 is 0. The minimum Gasteiger partial charge on any atom is -0.334 e. The number of hydrogen-bond donors (Lipinski definition) is 2. The van der Waals surface area contributed by atoms with Gasteiger partial charge in [0.2, 0.25) is 5.91 Å². The molecule has 1 aliphatic carbocycles. The van der Waals surface area contributed by atoms with Crippen molar-refractivity contribution in [2.45, 2.75) is 38.1 Å². The summed E-state index contributed by atoms with van der Waals surface area (Å²) in [7, 11) is 0. The summed E-state index contributed by atoms with van der Waals surface area (Å²) in [5.74, 6) is -0.136. The van der Waals surface area contributed by atoms with Crippen LogP contribution in [0.5, 0.6) is 0 Å². The Labute approximate surface area is 126 Å². The first-order valence-electron chi connectivity index (χ1n) is 7.18. The van der Waals surface area contributed by atoms with Gasteiger partial charge in [0.25, 0.3) is 5.89 Å². The van der Waals surface area contributed by atoms with Gasteiger partial charge in [-0.3, -0.25) is 4.79 Å².